The lowest BCUT2D eigenvalue weighted by atomic mass is 10.1. The van der Waals surface area contributed by atoms with E-state index in [-0.39, 0.29) is 17.7 Å². The Bertz CT molecular complexity index is 508. The molecule has 1 aromatic rings. The number of ketones is 1. The molecule has 1 fully saturated rings. The maximum absolute atomic E-state index is 11.9. The van der Waals surface area contributed by atoms with Crippen LogP contribution in [0.25, 0.3) is 0 Å². The lowest BCUT2D eigenvalue weighted by Crippen LogP contribution is -2.49. The molecular formula is C13H13BrN2O2. The van der Waals surface area contributed by atoms with Gasteiger partial charge in [0.25, 0.3) is 5.91 Å². The third-order valence-corrected chi connectivity index (χ3v) is 3.15. The van der Waals surface area contributed by atoms with Crippen molar-refractivity contribution >= 4 is 27.6 Å². The Morgan fingerprint density at radius 1 is 1.39 bits per heavy atom. The number of amides is 1. The average Bonchev–Trinajstić information content (AvgIpc) is 2.33. The van der Waals surface area contributed by atoms with Crippen molar-refractivity contribution in [1.29, 1.82) is 0 Å². The van der Waals surface area contributed by atoms with Crippen molar-refractivity contribution in [3.8, 4) is 0 Å². The number of benzene rings is 1. The first kappa shape index (κ1) is 12.8. The molecule has 5 heteroatoms. The number of hydrogen-bond donors (Lipinski definition) is 2. The molecule has 0 saturated carbocycles. The first-order valence-corrected chi connectivity index (χ1v) is 6.42. The zero-order valence-electron chi connectivity index (χ0n) is 9.87. The van der Waals surface area contributed by atoms with Crippen LogP contribution in [0, 0.1) is 0 Å². The van der Waals surface area contributed by atoms with Gasteiger partial charge in [-0.05, 0) is 31.2 Å². The Balaban J connectivity index is 2.15. The molecule has 0 radical (unpaired) electrons. The van der Waals surface area contributed by atoms with E-state index in [2.05, 4.69) is 26.6 Å². The molecule has 2 rings (SSSR count). The van der Waals surface area contributed by atoms with Crippen LogP contribution in [-0.4, -0.2) is 24.3 Å². The fourth-order valence-corrected chi connectivity index (χ4v) is 1.91. The number of allylic oxidation sites excluding steroid dienone is 1. The molecule has 0 bridgehead atoms. The summed E-state index contributed by atoms with van der Waals surface area (Å²) in [5.41, 5.74) is 0.875. The van der Waals surface area contributed by atoms with Crippen LogP contribution in [0.15, 0.2) is 40.5 Å². The first-order chi connectivity index (χ1) is 8.56. The minimum absolute atomic E-state index is 0.0810. The topological polar surface area (TPSA) is 58.2 Å². The second kappa shape index (κ2) is 5.35. The summed E-state index contributed by atoms with van der Waals surface area (Å²) >= 11 is 3.31. The molecule has 0 unspecified atom stereocenters. The minimum Gasteiger partial charge on any atom is -0.378 e. The summed E-state index contributed by atoms with van der Waals surface area (Å²) in [6, 6.07) is 7.10. The zero-order valence-corrected chi connectivity index (χ0v) is 11.5. The molecule has 0 spiro atoms. The molecule has 1 aromatic carbocycles. The van der Waals surface area contributed by atoms with Crippen molar-refractivity contribution in [3.05, 3.63) is 46.1 Å². The summed E-state index contributed by atoms with van der Waals surface area (Å²) in [7, 11) is 0. The van der Waals surface area contributed by atoms with Crippen molar-refractivity contribution in [2.45, 2.75) is 13.0 Å². The number of rotatable bonds is 2. The van der Waals surface area contributed by atoms with Crippen LogP contribution in [0.2, 0.25) is 0 Å². The van der Waals surface area contributed by atoms with Gasteiger partial charge in [-0.25, -0.2) is 0 Å². The van der Waals surface area contributed by atoms with Gasteiger partial charge in [-0.15, -0.1) is 0 Å². The standard InChI is InChI=1S/C13H13BrN2O2/c1-8-7-15-11(13(18)16-8)6-12(17)9-2-4-10(14)5-3-9/h2-6,8,15H,7H2,1H3,(H,16,18)/b11-6-/t8-/m0/s1. The molecule has 0 aromatic heterocycles. The highest BCUT2D eigenvalue weighted by atomic mass is 79.9. The SMILES string of the molecule is C[C@H]1CN/C(=C\C(=O)c2ccc(Br)cc2)C(=O)N1. The maximum Gasteiger partial charge on any atom is 0.267 e. The Hall–Kier alpha value is -1.62. The van der Waals surface area contributed by atoms with E-state index in [1.165, 1.54) is 6.08 Å². The normalized spacial score (nSPS) is 21.3. The quantitative estimate of drug-likeness (QED) is 0.645. The Morgan fingerprint density at radius 2 is 2.06 bits per heavy atom. The fourth-order valence-electron chi connectivity index (χ4n) is 1.64. The molecule has 2 N–H and O–H groups in total. The van der Waals surface area contributed by atoms with Gasteiger partial charge in [-0.1, -0.05) is 15.9 Å². The van der Waals surface area contributed by atoms with Crippen LogP contribution in [0.3, 0.4) is 0 Å². The maximum atomic E-state index is 11.9. The van der Waals surface area contributed by atoms with Crippen LogP contribution >= 0.6 is 15.9 Å². The molecule has 1 atom stereocenters. The van der Waals surface area contributed by atoms with Gasteiger partial charge in [-0.3, -0.25) is 9.59 Å². The largest absolute Gasteiger partial charge is 0.378 e. The number of carbonyl (C=O) groups excluding carboxylic acids is 2. The van der Waals surface area contributed by atoms with Crippen LogP contribution in [0.5, 0.6) is 0 Å². The van der Waals surface area contributed by atoms with E-state index < -0.39 is 0 Å². The Labute approximate surface area is 114 Å². The summed E-state index contributed by atoms with van der Waals surface area (Å²) < 4.78 is 0.911. The van der Waals surface area contributed by atoms with Gasteiger partial charge in [0, 0.05) is 28.7 Å². The van der Waals surface area contributed by atoms with E-state index in [1.54, 1.807) is 24.3 Å². The van der Waals surface area contributed by atoms with Crippen LogP contribution in [0.1, 0.15) is 17.3 Å². The molecule has 4 nitrogen and oxygen atoms in total. The van der Waals surface area contributed by atoms with E-state index in [0.29, 0.717) is 17.8 Å². The number of halogens is 1. The number of carbonyl (C=O) groups is 2. The van der Waals surface area contributed by atoms with Crippen molar-refractivity contribution in [3.63, 3.8) is 0 Å². The predicted octanol–water partition coefficient (Wildman–Crippen LogP) is 1.62. The minimum atomic E-state index is -0.237. The number of nitrogens with one attached hydrogen (secondary N) is 2. The molecule has 1 aliphatic heterocycles. The molecule has 1 amide bonds. The zero-order chi connectivity index (χ0) is 13.1. The highest BCUT2D eigenvalue weighted by Gasteiger charge is 2.19. The summed E-state index contributed by atoms with van der Waals surface area (Å²) in [5, 5.41) is 5.72. The number of piperazine rings is 1. The van der Waals surface area contributed by atoms with Crippen molar-refractivity contribution in [2.24, 2.45) is 0 Å². The summed E-state index contributed by atoms with van der Waals surface area (Å²) in [4.78, 5) is 23.6. The van der Waals surface area contributed by atoms with Gasteiger partial charge in [0.05, 0.1) is 0 Å². The lowest BCUT2D eigenvalue weighted by molar-refractivity contribution is -0.119. The van der Waals surface area contributed by atoms with Crippen LogP contribution < -0.4 is 10.6 Å². The lowest BCUT2D eigenvalue weighted by Gasteiger charge is -2.23. The average molecular weight is 309 g/mol. The summed E-state index contributed by atoms with van der Waals surface area (Å²) in [6.07, 6.45) is 1.34. The molecular weight excluding hydrogens is 296 g/mol. The van der Waals surface area contributed by atoms with E-state index in [1.807, 2.05) is 6.92 Å². The molecule has 94 valence electrons. The van der Waals surface area contributed by atoms with Gasteiger partial charge in [0.15, 0.2) is 5.78 Å². The van der Waals surface area contributed by atoms with Crippen LogP contribution in [0.4, 0.5) is 0 Å². The molecule has 0 aliphatic carbocycles. The first-order valence-electron chi connectivity index (χ1n) is 5.62. The van der Waals surface area contributed by atoms with E-state index in [9.17, 15) is 9.59 Å². The Kier molecular flexibility index (Phi) is 3.81. The van der Waals surface area contributed by atoms with E-state index >= 15 is 0 Å². The van der Waals surface area contributed by atoms with Crippen LogP contribution in [-0.2, 0) is 4.79 Å². The second-order valence-electron chi connectivity index (χ2n) is 4.18. The van der Waals surface area contributed by atoms with Crippen molar-refractivity contribution in [2.75, 3.05) is 6.54 Å². The molecule has 18 heavy (non-hydrogen) atoms. The van der Waals surface area contributed by atoms with Gasteiger partial charge in [0.1, 0.15) is 5.70 Å². The van der Waals surface area contributed by atoms with Crippen molar-refractivity contribution in [1.82, 2.24) is 10.6 Å². The van der Waals surface area contributed by atoms with Crippen molar-refractivity contribution < 1.29 is 9.59 Å². The Morgan fingerprint density at radius 3 is 2.67 bits per heavy atom. The summed E-state index contributed by atoms with van der Waals surface area (Å²) in [6.45, 7) is 2.53. The molecule has 1 saturated heterocycles. The highest BCUT2D eigenvalue weighted by molar-refractivity contribution is 9.10. The van der Waals surface area contributed by atoms with Gasteiger partial charge in [-0.2, -0.15) is 0 Å². The number of hydrogen-bond acceptors (Lipinski definition) is 3. The van der Waals surface area contributed by atoms with Gasteiger partial charge in [0.2, 0.25) is 0 Å². The van der Waals surface area contributed by atoms with Gasteiger partial charge >= 0.3 is 0 Å². The predicted molar refractivity (Wildman–Crippen MR) is 72.2 cm³/mol. The molecule has 1 heterocycles. The smallest absolute Gasteiger partial charge is 0.267 e. The van der Waals surface area contributed by atoms with E-state index in [0.717, 1.165) is 4.47 Å². The fraction of sp³-hybridized carbons (Fsp3) is 0.231. The highest BCUT2D eigenvalue weighted by Crippen LogP contribution is 2.12. The monoisotopic (exact) mass is 308 g/mol. The third kappa shape index (κ3) is 2.98. The molecule has 1 aliphatic rings. The summed E-state index contributed by atoms with van der Waals surface area (Å²) in [5.74, 6) is -0.422. The second-order valence-corrected chi connectivity index (χ2v) is 5.10. The third-order valence-electron chi connectivity index (χ3n) is 2.62. The van der Waals surface area contributed by atoms with E-state index in [4.69, 9.17) is 0 Å². The van der Waals surface area contributed by atoms with Gasteiger partial charge < -0.3 is 10.6 Å².